The molecule has 25 heavy (non-hydrogen) atoms. The maximum absolute atomic E-state index is 12.7. The highest BCUT2D eigenvalue weighted by Gasteiger charge is 2.33. The van der Waals surface area contributed by atoms with Gasteiger partial charge < -0.3 is 15.7 Å². The van der Waals surface area contributed by atoms with Crippen LogP contribution in [0.1, 0.15) is 12.5 Å². The third kappa shape index (κ3) is 4.37. The number of phenols is 1. The van der Waals surface area contributed by atoms with Gasteiger partial charge in [0.15, 0.2) is 0 Å². The molecule has 0 saturated carbocycles. The topological polar surface area (TPSA) is 104 Å². The van der Waals surface area contributed by atoms with E-state index in [4.69, 9.17) is 0 Å². The first kappa shape index (κ1) is 18.0. The highest BCUT2D eigenvalue weighted by molar-refractivity contribution is 5.90. The van der Waals surface area contributed by atoms with E-state index in [2.05, 4.69) is 10.6 Å². The Balaban J connectivity index is 2.43. The average molecular weight is 355 g/mol. The van der Waals surface area contributed by atoms with Gasteiger partial charge in [0, 0.05) is 18.7 Å². The maximum Gasteiger partial charge on any atom is 0.416 e. The van der Waals surface area contributed by atoms with E-state index in [1.165, 1.54) is 25.1 Å². The molecular weight excluding hydrogens is 343 g/mol. The normalized spacial score (nSPS) is 11.0. The number of carbonyl (C=O) groups is 1. The van der Waals surface area contributed by atoms with Crippen LogP contribution in [0, 0.1) is 10.1 Å². The lowest BCUT2D eigenvalue weighted by molar-refractivity contribution is -0.384. The SMILES string of the molecule is CC(=O)Nc1ccc(O)c(Nc2ccc(C(F)(F)F)cc2[N+](=O)[O-])c1. The number of hydrogen-bond donors (Lipinski definition) is 3. The second kappa shape index (κ2) is 6.67. The second-order valence-electron chi connectivity index (χ2n) is 5.02. The summed E-state index contributed by atoms with van der Waals surface area (Å²) in [4.78, 5) is 21.2. The van der Waals surface area contributed by atoms with E-state index in [0.29, 0.717) is 17.8 Å². The van der Waals surface area contributed by atoms with Crippen LogP contribution in [-0.2, 0) is 11.0 Å². The first-order chi connectivity index (χ1) is 11.6. The van der Waals surface area contributed by atoms with Crippen molar-refractivity contribution in [2.45, 2.75) is 13.1 Å². The van der Waals surface area contributed by atoms with Gasteiger partial charge in [-0.3, -0.25) is 14.9 Å². The number of carbonyl (C=O) groups excluding carboxylic acids is 1. The second-order valence-corrected chi connectivity index (χ2v) is 5.02. The van der Waals surface area contributed by atoms with E-state index >= 15 is 0 Å². The van der Waals surface area contributed by atoms with Crippen LogP contribution in [0.15, 0.2) is 36.4 Å². The summed E-state index contributed by atoms with van der Waals surface area (Å²) in [5, 5.41) is 25.8. The van der Waals surface area contributed by atoms with Gasteiger partial charge in [0.1, 0.15) is 11.4 Å². The minimum Gasteiger partial charge on any atom is -0.506 e. The highest BCUT2D eigenvalue weighted by atomic mass is 19.4. The van der Waals surface area contributed by atoms with Crippen LogP contribution in [0.4, 0.5) is 35.9 Å². The lowest BCUT2D eigenvalue weighted by Crippen LogP contribution is -2.07. The molecule has 0 aliphatic heterocycles. The van der Waals surface area contributed by atoms with Crippen molar-refractivity contribution in [1.29, 1.82) is 0 Å². The molecular formula is C15H12F3N3O4. The van der Waals surface area contributed by atoms with Crippen molar-refractivity contribution < 1.29 is 28.0 Å². The zero-order chi connectivity index (χ0) is 18.8. The van der Waals surface area contributed by atoms with E-state index < -0.39 is 22.4 Å². The Bertz CT molecular complexity index is 837. The first-order valence-corrected chi connectivity index (χ1v) is 6.81. The fourth-order valence-electron chi connectivity index (χ4n) is 2.03. The number of benzene rings is 2. The van der Waals surface area contributed by atoms with Crippen LogP contribution in [0.5, 0.6) is 5.75 Å². The molecule has 0 heterocycles. The summed E-state index contributed by atoms with van der Waals surface area (Å²) in [7, 11) is 0. The first-order valence-electron chi connectivity index (χ1n) is 6.81. The number of rotatable bonds is 4. The maximum atomic E-state index is 12.7. The number of phenolic OH excluding ortho intramolecular Hbond substituents is 1. The van der Waals surface area contributed by atoms with Crippen molar-refractivity contribution in [2.75, 3.05) is 10.6 Å². The Labute approximate surface area is 139 Å². The summed E-state index contributed by atoms with van der Waals surface area (Å²) >= 11 is 0. The van der Waals surface area contributed by atoms with E-state index in [1.807, 2.05) is 0 Å². The lowest BCUT2D eigenvalue weighted by atomic mass is 10.1. The van der Waals surface area contributed by atoms with Crippen molar-refractivity contribution in [3.05, 3.63) is 52.1 Å². The number of halogens is 3. The molecule has 132 valence electrons. The Morgan fingerprint density at radius 2 is 1.84 bits per heavy atom. The number of nitro groups is 1. The predicted molar refractivity (Wildman–Crippen MR) is 83.8 cm³/mol. The average Bonchev–Trinajstić information content (AvgIpc) is 2.49. The third-order valence-electron chi connectivity index (χ3n) is 3.11. The number of hydrogen-bond acceptors (Lipinski definition) is 5. The summed E-state index contributed by atoms with van der Waals surface area (Å²) in [6.45, 7) is 1.26. The van der Waals surface area contributed by atoms with Crippen LogP contribution < -0.4 is 10.6 Å². The highest BCUT2D eigenvalue weighted by Crippen LogP contribution is 2.37. The molecule has 10 heteroatoms. The Morgan fingerprint density at radius 3 is 2.40 bits per heavy atom. The van der Waals surface area contributed by atoms with Gasteiger partial charge in [-0.2, -0.15) is 13.2 Å². The zero-order valence-electron chi connectivity index (χ0n) is 12.7. The van der Waals surface area contributed by atoms with Crippen molar-refractivity contribution >= 4 is 28.7 Å². The number of nitro benzene ring substituents is 1. The van der Waals surface area contributed by atoms with E-state index in [9.17, 15) is 33.2 Å². The molecule has 0 atom stereocenters. The molecule has 0 bridgehead atoms. The van der Waals surface area contributed by atoms with Gasteiger partial charge in [-0.15, -0.1) is 0 Å². The summed E-state index contributed by atoms with van der Waals surface area (Å²) in [5.41, 5.74) is -1.94. The molecule has 3 N–H and O–H groups in total. The molecule has 7 nitrogen and oxygen atoms in total. The van der Waals surface area contributed by atoms with Crippen LogP contribution in [0.3, 0.4) is 0 Å². The molecule has 0 aliphatic carbocycles. The number of aromatic hydroxyl groups is 1. The van der Waals surface area contributed by atoms with Gasteiger partial charge in [0.2, 0.25) is 5.91 Å². The summed E-state index contributed by atoms with van der Waals surface area (Å²) in [6.07, 6.45) is -4.73. The Kier molecular flexibility index (Phi) is 4.82. The Morgan fingerprint density at radius 1 is 1.16 bits per heavy atom. The van der Waals surface area contributed by atoms with Crippen molar-refractivity contribution in [2.24, 2.45) is 0 Å². The smallest absolute Gasteiger partial charge is 0.416 e. The summed E-state index contributed by atoms with van der Waals surface area (Å²) in [5.74, 6) is -0.680. The molecule has 0 radical (unpaired) electrons. The molecule has 0 fully saturated rings. The number of nitrogens with one attached hydrogen (secondary N) is 2. The van der Waals surface area contributed by atoms with E-state index in [1.54, 1.807) is 0 Å². The van der Waals surface area contributed by atoms with Gasteiger partial charge in [0.25, 0.3) is 5.69 Å². The van der Waals surface area contributed by atoms with Crippen LogP contribution in [-0.4, -0.2) is 15.9 Å². The summed E-state index contributed by atoms with van der Waals surface area (Å²) < 4.78 is 38.1. The van der Waals surface area contributed by atoms with Crippen LogP contribution >= 0.6 is 0 Å². The van der Waals surface area contributed by atoms with E-state index in [0.717, 1.165) is 6.07 Å². The Hall–Kier alpha value is -3.30. The molecule has 0 aromatic heterocycles. The molecule has 0 unspecified atom stereocenters. The largest absolute Gasteiger partial charge is 0.506 e. The molecule has 2 aromatic rings. The van der Waals surface area contributed by atoms with Crippen LogP contribution in [0.2, 0.25) is 0 Å². The standard InChI is InChI=1S/C15H12F3N3O4/c1-8(22)19-10-3-5-14(23)12(7-10)20-11-4-2-9(15(16,17)18)6-13(11)21(24)25/h2-7,20,23H,1H3,(H,19,22). The monoisotopic (exact) mass is 355 g/mol. The quantitative estimate of drug-likeness (QED) is 0.332. The lowest BCUT2D eigenvalue weighted by Gasteiger charge is -2.13. The number of nitrogens with zero attached hydrogens (tertiary/aromatic N) is 1. The number of anilines is 3. The molecule has 2 aromatic carbocycles. The van der Waals surface area contributed by atoms with Gasteiger partial charge in [0.05, 0.1) is 16.2 Å². The molecule has 0 saturated heterocycles. The predicted octanol–water partition coefficient (Wildman–Crippen LogP) is 4.02. The van der Waals surface area contributed by atoms with Crippen molar-refractivity contribution in [1.82, 2.24) is 0 Å². The van der Waals surface area contributed by atoms with Gasteiger partial charge >= 0.3 is 6.18 Å². The molecule has 0 aliphatic rings. The van der Waals surface area contributed by atoms with E-state index in [-0.39, 0.29) is 23.0 Å². The minimum atomic E-state index is -4.73. The van der Waals surface area contributed by atoms with Crippen molar-refractivity contribution in [3.8, 4) is 5.75 Å². The number of alkyl halides is 3. The molecule has 0 spiro atoms. The molecule has 1 amide bonds. The van der Waals surface area contributed by atoms with Gasteiger partial charge in [-0.25, -0.2) is 0 Å². The number of amides is 1. The minimum absolute atomic E-state index is 0.0193. The van der Waals surface area contributed by atoms with Crippen molar-refractivity contribution in [3.63, 3.8) is 0 Å². The molecule has 2 rings (SSSR count). The fraction of sp³-hybridized carbons (Fsp3) is 0.133. The van der Waals surface area contributed by atoms with Gasteiger partial charge in [-0.1, -0.05) is 0 Å². The zero-order valence-corrected chi connectivity index (χ0v) is 12.7. The fourth-order valence-corrected chi connectivity index (χ4v) is 2.03. The van der Waals surface area contributed by atoms with Gasteiger partial charge in [-0.05, 0) is 30.3 Å². The summed E-state index contributed by atoms with van der Waals surface area (Å²) in [6, 6.07) is 5.89. The third-order valence-corrected chi connectivity index (χ3v) is 3.11. The van der Waals surface area contributed by atoms with Crippen LogP contribution in [0.25, 0.3) is 0 Å².